The molecule has 0 aliphatic heterocycles. The maximum atomic E-state index is 4.07. The van der Waals surface area contributed by atoms with Crippen LogP contribution in [-0.2, 0) is 6.54 Å². The minimum absolute atomic E-state index is 0.839. The van der Waals surface area contributed by atoms with Crippen LogP contribution in [0.4, 0.5) is 0 Å². The highest BCUT2D eigenvalue weighted by molar-refractivity contribution is 5.46. The van der Waals surface area contributed by atoms with Gasteiger partial charge in [0.1, 0.15) is 0 Å². The van der Waals surface area contributed by atoms with E-state index >= 15 is 0 Å². The molecule has 0 atom stereocenters. The summed E-state index contributed by atoms with van der Waals surface area (Å²) in [5.74, 6) is 0. The first-order chi connectivity index (χ1) is 6.77. The van der Waals surface area contributed by atoms with E-state index in [1.165, 1.54) is 5.56 Å². The third-order valence-corrected chi connectivity index (χ3v) is 1.96. The number of aromatic nitrogens is 2. The number of rotatable bonds is 5. The van der Waals surface area contributed by atoms with E-state index in [0.717, 1.165) is 30.9 Å². The normalized spacial score (nSPS) is 10.1. The summed E-state index contributed by atoms with van der Waals surface area (Å²) in [6, 6.07) is 2.05. The van der Waals surface area contributed by atoms with Gasteiger partial charge in [-0.25, -0.2) is 0 Å². The molecule has 0 saturated heterocycles. The van der Waals surface area contributed by atoms with Crippen LogP contribution in [0, 0.1) is 6.92 Å². The maximum Gasteiger partial charge on any atom is 0.0896 e. The Morgan fingerprint density at radius 1 is 1.50 bits per heavy atom. The van der Waals surface area contributed by atoms with Gasteiger partial charge in [-0.05, 0) is 37.6 Å². The van der Waals surface area contributed by atoms with Crippen molar-refractivity contribution in [3.8, 4) is 0 Å². The number of hydrogen-bond donors (Lipinski definition) is 1. The Kier molecular flexibility index (Phi) is 4.26. The molecule has 0 spiro atoms. The molecule has 1 N–H and O–H groups in total. The zero-order chi connectivity index (χ0) is 10.4. The molecular formula is C11H17N3. The summed E-state index contributed by atoms with van der Waals surface area (Å²) in [5.41, 5.74) is 2.99. The van der Waals surface area contributed by atoms with Gasteiger partial charge in [-0.15, -0.1) is 0 Å². The Morgan fingerprint density at radius 3 is 2.93 bits per heavy atom. The lowest BCUT2D eigenvalue weighted by Gasteiger charge is -2.06. The lowest BCUT2D eigenvalue weighted by Crippen LogP contribution is -2.15. The summed E-state index contributed by atoms with van der Waals surface area (Å²) in [6.45, 7) is 9.68. The van der Waals surface area contributed by atoms with Crippen LogP contribution >= 0.6 is 0 Å². The van der Waals surface area contributed by atoms with Crippen LogP contribution in [0.25, 0.3) is 6.08 Å². The van der Waals surface area contributed by atoms with Crippen molar-refractivity contribution in [2.24, 2.45) is 0 Å². The Hall–Kier alpha value is -1.22. The van der Waals surface area contributed by atoms with Gasteiger partial charge in [0.25, 0.3) is 0 Å². The van der Waals surface area contributed by atoms with E-state index in [1.54, 1.807) is 6.08 Å². The first-order valence-corrected chi connectivity index (χ1v) is 4.94. The molecule has 0 bridgehead atoms. The molecule has 0 amide bonds. The van der Waals surface area contributed by atoms with E-state index in [9.17, 15) is 0 Å². The summed E-state index contributed by atoms with van der Waals surface area (Å²) in [4.78, 5) is 0. The third kappa shape index (κ3) is 2.92. The number of hydrogen-bond acceptors (Lipinski definition) is 3. The van der Waals surface area contributed by atoms with Gasteiger partial charge in [0, 0.05) is 6.54 Å². The molecular weight excluding hydrogens is 174 g/mol. The van der Waals surface area contributed by atoms with Crippen LogP contribution in [0.15, 0.2) is 12.6 Å². The smallest absolute Gasteiger partial charge is 0.0896 e. The molecule has 0 aromatic carbocycles. The topological polar surface area (TPSA) is 37.8 Å². The van der Waals surface area contributed by atoms with Crippen molar-refractivity contribution in [1.29, 1.82) is 0 Å². The molecule has 0 fully saturated rings. The van der Waals surface area contributed by atoms with Gasteiger partial charge in [0.05, 0.1) is 11.4 Å². The molecule has 1 aromatic heterocycles. The average molecular weight is 191 g/mol. The first kappa shape index (κ1) is 10.9. The van der Waals surface area contributed by atoms with Crippen molar-refractivity contribution in [1.82, 2.24) is 15.5 Å². The van der Waals surface area contributed by atoms with Crippen LogP contribution in [0.3, 0.4) is 0 Å². The number of nitrogens with one attached hydrogen (secondary N) is 1. The molecule has 0 aliphatic carbocycles. The molecule has 3 heteroatoms. The number of aryl methyl sites for hydroxylation is 1. The van der Waals surface area contributed by atoms with Crippen LogP contribution in [0.2, 0.25) is 0 Å². The van der Waals surface area contributed by atoms with Gasteiger partial charge < -0.3 is 5.32 Å². The molecule has 14 heavy (non-hydrogen) atoms. The largest absolute Gasteiger partial charge is 0.313 e. The maximum absolute atomic E-state index is 4.07. The van der Waals surface area contributed by atoms with Gasteiger partial charge in [-0.2, -0.15) is 10.2 Å². The van der Waals surface area contributed by atoms with Crippen molar-refractivity contribution in [2.45, 2.75) is 26.8 Å². The first-order valence-electron chi connectivity index (χ1n) is 4.94. The van der Waals surface area contributed by atoms with E-state index in [0.29, 0.717) is 0 Å². The fraction of sp³-hybridized carbons (Fsp3) is 0.455. The van der Waals surface area contributed by atoms with Crippen LogP contribution < -0.4 is 5.32 Å². The van der Waals surface area contributed by atoms with E-state index < -0.39 is 0 Å². The quantitative estimate of drug-likeness (QED) is 0.723. The van der Waals surface area contributed by atoms with Gasteiger partial charge in [0.2, 0.25) is 0 Å². The van der Waals surface area contributed by atoms with E-state index in [1.807, 2.05) is 13.0 Å². The van der Waals surface area contributed by atoms with Crippen LogP contribution in [-0.4, -0.2) is 16.7 Å². The standard InChI is InChI=1S/C11H17N3/c1-4-6-12-8-10-7-9(3)13-14-11(10)5-2/h5,7,12H,2,4,6,8H2,1,3H3. The summed E-state index contributed by atoms with van der Waals surface area (Å²) in [6.07, 6.45) is 2.89. The molecule has 1 rings (SSSR count). The Morgan fingerprint density at radius 2 is 2.29 bits per heavy atom. The van der Waals surface area contributed by atoms with E-state index in [4.69, 9.17) is 0 Å². The van der Waals surface area contributed by atoms with Crippen molar-refractivity contribution in [2.75, 3.05) is 6.54 Å². The SMILES string of the molecule is C=Cc1nnc(C)cc1CNCCC. The third-order valence-electron chi connectivity index (χ3n) is 1.96. The van der Waals surface area contributed by atoms with Crippen molar-refractivity contribution >= 4 is 6.08 Å². The second kappa shape index (κ2) is 5.50. The van der Waals surface area contributed by atoms with Crippen LogP contribution in [0.1, 0.15) is 30.3 Å². The summed E-state index contributed by atoms with van der Waals surface area (Å²) in [7, 11) is 0. The Labute approximate surface area is 85.3 Å². The second-order valence-corrected chi connectivity index (χ2v) is 3.28. The average Bonchev–Trinajstić information content (AvgIpc) is 2.19. The second-order valence-electron chi connectivity index (χ2n) is 3.28. The molecule has 3 nitrogen and oxygen atoms in total. The van der Waals surface area contributed by atoms with Gasteiger partial charge in [0.15, 0.2) is 0 Å². The van der Waals surface area contributed by atoms with Crippen molar-refractivity contribution in [3.63, 3.8) is 0 Å². The predicted octanol–water partition coefficient (Wildman–Crippen LogP) is 1.93. The Bertz CT molecular complexity index is 307. The summed E-state index contributed by atoms with van der Waals surface area (Å²) in [5, 5.41) is 11.4. The predicted molar refractivity (Wildman–Crippen MR) is 58.9 cm³/mol. The lowest BCUT2D eigenvalue weighted by atomic mass is 10.2. The molecule has 0 aliphatic rings. The van der Waals surface area contributed by atoms with Gasteiger partial charge in [-0.1, -0.05) is 13.5 Å². The number of nitrogens with zero attached hydrogens (tertiary/aromatic N) is 2. The minimum Gasteiger partial charge on any atom is -0.313 e. The molecule has 0 radical (unpaired) electrons. The summed E-state index contributed by atoms with van der Waals surface area (Å²) >= 11 is 0. The monoisotopic (exact) mass is 191 g/mol. The minimum atomic E-state index is 0.839. The van der Waals surface area contributed by atoms with E-state index in [-0.39, 0.29) is 0 Å². The fourth-order valence-electron chi connectivity index (χ4n) is 1.27. The van der Waals surface area contributed by atoms with E-state index in [2.05, 4.69) is 29.0 Å². The highest BCUT2D eigenvalue weighted by Gasteiger charge is 2.01. The highest BCUT2D eigenvalue weighted by Crippen LogP contribution is 2.07. The van der Waals surface area contributed by atoms with Crippen molar-refractivity contribution in [3.05, 3.63) is 29.6 Å². The van der Waals surface area contributed by atoms with Crippen molar-refractivity contribution < 1.29 is 0 Å². The fourth-order valence-corrected chi connectivity index (χ4v) is 1.27. The zero-order valence-corrected chi connectivity index (χ0v) is 8.88. The van der Waals surface area contributed by atoms with Gasteiger partial charge >= 0.3 is 0 Å². The van der Waals surface area contributed by atoms with Gasteiger partial charge in [-0.3, -0.25) is 0 Å². The summed E-state index contributed by atoms with van der Waals surface area (Å²) < 4.78 is 0. The molecule has 1 heterocycles. The molecule has 0 saturated carbocycles. The van der Waals surface area contributed by atoms with Crippen LogP contribution in [0.5, 0.6) is 0 Å². The molecule has 1 aromatic rings. The highest BCUT2D eigenvalue weighted by atomic mass is 15.1. The lowest BCUT2D eigenvalue weighted by molar-refractivity contribution is 0.670. The Balaban J connectivity index is 2.72. The molecule has 0 unspecified atom stereocenters. The molecule has 76 valence electrons. The zero-order valence-electron chi connectivity index (χ0n) is 8.88.